The number of hydrogen-bond donors (Lipinski definition) is 2. The molecule has 0 spiro atoms. The van der Waals surface area contributed by atoms with Gasteiger partial charge in [-0.1, -0.05) is 19.4 Å². The second-order valence-corrected chi connectivity index (χ2v) is 10.3. The van der Waals surface area contributed by atoms with Gasteiger partial charge < -0.3 is 10.2 Å². The number of aliphatic hydroxyl groups is 1. The summed E-state index contributed by atoms with van der Waals surface area (Å²) in [4.78, 5) is 23.2. The molecule has 0 aromatic rings. The molecule has 5 aliphatic rings. The predicted octanol–water partition coefficient (Wildman–Crippen LogP) is 3.99. The van der Waals surface area contributed by atoms with E-state index in [0.29, 0.717) is 47.7 Å². The molecule has 0 aromatic carbocycles. The summed E-state index contributed by atoms with van der Waals surface area (Å²) in [6.45, 7) is 4.54. The number of ketones is 1. The zero-order chi connectivity index (χ0) is 19.8. The van der Waals surface area contributed by atoms with Gasteiger partial charge in [-0.2, -0.15) is 0 Å². The fourth-order valence-corrected chi connectivity index (χ4v) is 8.57. The highest BCUT2D eigenvalue weighted by Gasteiger charge is 2.76. The molecule has 4 fully saturated rings. The Morgan fingerprint density at radius 1 is 1.32 bits per heavy atom. The molecule has 152 valence electrons. The largest absolute Gasteiger partial charge is 0.478 e. The quantitative estimate of drug-likeness (QED) is 0.722. The van der Waals surface area contributed by atoms with Crippen molar-refractivity contribution in [1.82, 2.24) is 0 Å². The zero-order valence-electron chi connectivity index (χ0n) is 16.9. The molecule has 5 rings (SSSR count). The molecule has 0 aliphatic heterocycles. The molecule has 4 nitrogen and oxygen atoms in total. The Labute approximate surface area is 167 Å². The predicted molar refractivity (Wildman–Crippen MR) is 105 cm³/mol. The lowest BCUT2D eigenvalue weighted by Crippen LogP contribution is -2.57. The summed E-state index contributed by atoms with van der Waals surface area (Å²) < 4.78 is 0. The topological polar surface area (TPSA) is 74.6 Å². The molecule has 0 saturated heterocycles. The van der Waals surface area contributed by atoms with Crippen molar-refractivity contribution in [2.75, 3.05) is 0 Å². The summed E-state index contributed by atoms with van der Waals surface area (Å²) in [5.41, 5.74) is 0.229. The minimum Gasteiger partial charge on any atom is -0.478 e. The third-order valence-corrected chi connectivity index (χ3v) is 9.50. The van der Waals surface area contributed by atoms with Gasteiger partial charge in [-0.3, -0.25) is 4.79 Å². The van der Waals surface area contributed by atoms with Crippen molar-refractivity contribution in [2.24, 2.45) is 46.8 Å². The number of carbonyl (C=O) groups excluding carboxylic acids is 1. The maximum atomic E-state index is 12.0. The summed E-state index contributed by atoms with van der Waals surface area (Å²) in [7, 11) is 0. The van der Waals surface area contributed by atoms with E-state index in [9.17, 15) is 19.8 Å². The Kier molecular flexibility index (Phi) is 4.01. The van der Waals surface area contributed by atoms with Gasteiger partial charge in [0.1, 0.15) is 0 Å². The van der Waals surface area contributed by atoms with Gasteiger partial charge in [0, 0.05) is 17.9 Å². The van der Waals surface area contributed by atoms with E-state index < -0.39 is 11.6 Å². The van der Waals surface area contributed by atoms with Crippen LogP contribution < -0.4 is 0 Å². The minimum absolute atomic E-state index is 0.187. The number of fused-ring (bicyclic) bond motifs is 7. The highest BCUT2D eigenvalue weighted by molar-refractivity contribution is 5.91. The normalized spacial score (nSPS) is 51.8. The number of aliphatic carboxylic acids is 1. The van der Waals surface area contributed by atoms with Gasteiger partial charge in [0.25, 0.3) is 0 Å². The van der Waals surface area contributed by atoms with Gasteiger partial charge in [-0.05, 0) is 92.1 Å². The van der Waals surface area contributed by atoms with Gasteiger partial charge in [-0.25, -0.2) is 4.79 Å². The number of carbonyl (C=O) groups is 2. The van der Waals surface area contributed by atoms with Crippen LogP contribution in [0.1, 0.15) is 58.8 Å². The zero-order valence-corrected chi connectivity index (χ0v) is 16.9. The first kappa shape index (κ1) is 18.6. The molecule has 0 radical (unpaired) electrons. The molecule has 0 heterocycles. The van der Waals surface area contributed by atoms with Crippen LogP contribution in [-0.4, -0.2) is 27.6 Å². The molecule has 28 heavy (non-hydrogen) atoms. The van der Waals surface area contributed by atoms with Gasteiger partial charge in [-0.15, -0.1) is 0 Å². The van der Waals surface area contributed by atoms with Crippen LogP contribution in [-0.2, 0) is 9.59 Å². The van der Waals surface area contributed by atoms with E-state index in [1.165, 1.54) is 11.6 Å². The number of hydrogen-bond acceptors (Lipinski definition) is 3. The Bertz CT molecular complexity index is 781. The molecule has 0 amide bonds. The summed E-state index contributed by atoms with van der Waals surface area (Å²) in [5, 5.41) is 21.0. The van der Waals surface area contributed by atoms with Crippen molar-refractivity contribution < 1.29 is 19.8 Å². The van der Waals surface area contributed by atoms with Gasteiger partial charge in [0.2, 0.25) is 0 Å². The van der Waals surface area contributed by atoms with Crippen LogP contribution in [0.5, 0.6) is 0 Å². The van der Waals surface area contributed by atoms with Crippen LogP contribution >= 0.6 is 0 Å². The van der Waals surface area contributed by atoms with E-state index in [1.54, 1.807) is 6.08 Å². The summed E-state index contributed by atoms with van der Waals surface area (Å²) in [6, 6.07) is 0. The van der Waals surface area contributed by atoms with Crippen LogP contribution in [0.3, 0.4) is 0 Å². The molecule has 4 saturated carbocycles. The second kappa shape index (κ2) is 6.04. The molecule has 0 aromatic heterocycles. The Morgan fingerprint density at radius 3 is 2.82 bits per heavy atom. The first-order chi connectivity index (χ1) is 13.3. The van der Waals surface area contributed by atoms with Crippen LogP contribution in [0, 0.1) is 46.8 Å². The lowest BCUT2D eigenvalue weighted by molar-refractivity contribution is -0.138. The lowest BCUT2D eigenvalue weighted by atomic mass is 9.46. The molecule has 5 aliphatic carbocycles. The fourth-order valence-electron chi connectivity index (χ4n) is 8.57. The van der Waals surface area contributed by atoms with Gasteiger partial charge >= 0.3 is 5.97 Å². The van der Waals surface area contributed by atoms with Crippen molar-refractivity contribution in [3.05, 3.63) is 23.8 Å². The number of rotatable bonds is 3. The van der Waals surface area contributed by atoms with Crippen LogP contribution in [0.2, 0.25) is 0 Å². The summed E-state index contributed by atoms with van der Waals surface area (Å²) in [6.07, 6.45) is 11.5. The number of allylic oxidation sites excluding steroid dienone is 1. The lowest BCUT2D eigenvalue weighted by Gasteiger charge is -2.59. The summed E-state index contributed by atoms with van der Waals surface area (Å²) >= 11 is 0. The van der Waals surface area contributed by atoms with Gasteiger partial charge in [0.05, 0.1) is 5.60 Å². The van der Waals surface area contributed by atoms with E-state index in [2.05, 4.69) is 13.8 Å². The van der Waals surface area contributed by atoms with E-state index in [1.807, 2.05) is 6.08 Å². The van der Waals surface area contributed by atoms with E-state index in [0.717, 1.165) is 38.5 Å². The standard InChI is InChI=1S/C24H32O4/c1-3-23-8-6-17-16-5-4-15(25)11-14(16)10-13(2)21(17)22(23)18-12-19(18)24(23,28)9-7-20(26)27/h7,9,11,13,16-19,21-22,28H,3-6,8,10,12H2,1-2H3,(H,26,27)/b9-7-/t13-,16+,17-,18-,19+,21-,22+,23+,24+/m1/s1. The first-order valence-corrected chi connectivity index (χ1v) is 11.2. The van der Waals surface area contributed by atoms with E-state index in [-0.39, 0.29) is 11.3 Å². The van der Waals surface area contributed by atoms with Gasteiger partial charge in [0.15, 0.2) is 5.78 Å². The van der Waals surface area contributed by atoms with Crippen molar-refractivity contribution in [1.29, 1.82) is 0 Å². The molecular formula is C24H32O4. The molecule has 9 atom stereocenters. The number of carboxylic acids is 1. The van der Waals surface area contributed by atoms with Crippen molar-refractivity contribution in [3.63, 3.8) is 0 Å². The SMILES string of the molecule is CC[C@]12CC[C@H]3[C@H]([C@@H]1[C@@H]1C[C@@H]1[C@@]2(O)/C=C\C(=O)O)[C@H](C)CC1=CC(=O)CC[C@@H]13. The Balaban J connectivity index is 1.54. The highest BCUT2D eigenvalue weighted by atomic mass is 16.4. The second-order valence-electron chi connectivity index (χ2n) is 10.3. The Morgan fingerprint density at radius 2 is 2.11 bits per heavy atom. The maximum absolute atomic E-state index is 12.0. The van der Waals surface area contributed by atoms with Crippen molar-refractivity contribution >= 4 is 11.8 Å². The third-order valence-electron chi connectivity index (χ3n) is 9.50. The molecule has 0 unspecified atom stereocenters. The molecular weight excluding hydrogens is 352 g/mol. The molecule has 0 bridgehead atoms. The number of carboxylic acid groups (broad SMARTS) is 1. The fraction of sp³-hybridized carbons (Fsp3) is 0.750. The average molecular weight is 385 g/mol. The highest BCUT2D eigenvalue weighted by Crippen LogP contribution is 2.77. The van der Waals surface area contributed by atoms with Crippen LogP contribution in [0.15, 0.2) is 23.8 Å². The van der Waals surface area contributed by atoms with E-state index in [4.69, 9.17) is 0 Å². The molecule has 4 heteroatoms. The average Bonchev–Trinajstić information content (AvgIpc) is 3.42. The van der Waals surface area contributed by atoms with Crippen LogP contribution in [0.4, 0.5) is 0 Å². The minimum atomic E-state index is -0.973. The molecule has 2 N–H and O–H groups in total. The third kappa shape index (κ3) is 2.27. The Hall–Kier alpha value is -1.42. The van der Waals surface area contributed by atoms with Crippen molar-refractivity contribution in [2.45, 2.75) is 64.4 Å². The smallest absolute Gasteiger partial charge is 0.328 e. The summed E-state index contributed by atoms with van der Waals surface area (Å²) in [5.74, 6) is 2.87. The monoisotopic (exact) mass is 384 g/mol. The van der Waals surface area contributed by atoms with E-state index >= 15 is 0 Å². The van der Waals surface area contributed by atoms with Crippen LogP contribution in [0.25, 0.3) is 0 Å². The maximum Gasteiger partial charge on any atom is 0.328 e. The van der Waals surface area contributed by atoms with Crippen molar-refractivity contribution in [3.8, 4) is 0 Å². The first-order valence-electron chi connectivity index (χ1n) is 11.2.